The lowest BCUT2D eigenvalue weighted by atomic mass is 9.74. The molecule has 3 nitrogen and oxygen atoms in total. The second-order valence-electron chi connectivity index (χ2n) is 6.48. The minimum Gasteiger partial charge on any atom is -0.463 e. The highest BCUT2D eigenvalue weighted by molar-refractivity contribution is 6.30. The van der Waals surface area contributed by atoms with Crippen molar-refractivity contribution >= 4 is 23.6 Å². The number of allylic oxidation sites excluding steroid dienone is 2. The van der Waals surface area contributed by atoms with Crippen LogP contribution in [0.5, 0.6) is 0 Å². The highest BCUT2D eigenvalue weighted by Gasteiger charge is 2.33. The van der Waals surface area contributed by atoms with Crippen LogP contribution >= 0.6 is 11.6 Å². The van der Waals surface area contributed by atoms with E-state index in [0.29, 0.717) is 23.6 Å². The first-order valence-corrected chi connectivity index (χ1v) is 8.40. The molecule has 24 heavy (non-hydrogen) atoms. The van der Waals surface area contributed by atoms with Crippen molar-refractivity contribution in [3.8, 4) is 0 Å². The van der Waals surface area contributed by atoms with Crippen LogP contribution in [0.1, 0.15) is 32.8 Å². The number of hydrogen-bond donors (Lipinski definition) is 1. The molecule has 1 aromatic carbocycles. The van der Waals surface area contributed by atoms with E-state index in [2.05, 4.69) is 0 Å². The Morgan fingerprint density at radius 2 is 2.00 bits per heavy atom. The predicted molar refractivity (Wildman–Crippen MR) is 97.7 cm³/mol. The maximum absolute atomic E-state index is 11.7. The summed E-state index contributed by atoms with van der Waals surface area (Å²) in [7, 11) is 0. The topological polar surface area (TPSA) is 46.5 Å². The number of aliphatic hydroxyl groups excluding tert-OH is 1. The molecule has 1 N–H and O–H groups in total. The zero-order valence-corrected chi connectivity index (χ0v) is 15.0. The van der Waals surface area contributed by atoms with Crippen LogP contribution < -0.4 is 0 Å². The maximum atomic E-state index is 11.7. The second-order valence-corrected chi connectivity index (χ2v) is 6.91. The molecule has 0 aromatic heterocycles. The summed E-state index contributed by atoms with van der Waals surface area (Å²) < 4.78 is 4.96. The Labute approximate surface area is 148 Å². The number of aliphatic hydroxyl groups is 1. The van der Waals surface area contributed by atoms with Gasteiger partial charge in [0.25, 0.3) is 0 Å². The Hall–Kier alpha value is -1.84. The Morgan fingerprint density at radius 3 is 2.62 bits per heavy atom. The predicted octanol–water partition coefficient (Wildman–Crippen LogP) is 4.56. The van der Waals surface area contributed by atoms with Crippen LogP contribution in [0.3, 0.4) is 0 Å². The fraction of sp³-hybridized carbons (Fsp3) is 0.350. The quantitative estimate of drug-likeness (QED) is 0.642. The number of carbonyl (C=O) groups excluding carboxylic acids is 1. The molecule has 128 valence electrons. The van der Waals surface area contributed by atoms with Crippen molar-refractivity contribution in [3.63, 3.8) is 0 Å². The van der Waals surface area contributed by atoms with E-state index in [1.807, 2.05) is 56.3 Å². The van der Waals surface area contributed by atoms with Gasteiger partial charge in [-0.2, -0.15) is 0 Å². The maximum Gasteiger partial charge on any atom is 0.330 e. The van der Waals surface area contributed by atoms with Crippen LogP contribution in [0.25, 0.3) is 6.08 Å². The van der Waals surface area contributed by atoms with Gasteiger partial charge >= 0.3 is 5.97 Å². The van der Waals surface area contributed by atoms with Gasteiger partial charge in [-0.3, -0.25) is 0 Å². The molecule has 1 aliphatic rings. The van der Waals surface area contributed by atoms with Crippen LogP contribution in [-0.4, -0.2) is 23.8 Å². The third kappa shape index (κ3) is 4.83. The Kier molecular flexibility index (Phi) is 6.03. The van der Waals surface area contributed by atoms with E-state index in [0.717, 1.165) is 11.1 Å². The number of benzene rings is 1. The van der Waals surface area contributed by atoms with E-state index in [1.165, 1.54) is 6.08 Å². The summed E-state index contributed by atoms with van der Waals surface area (Å²) in [4.78, 5) is 11.7. The van der Waals surface area contributed by atoms with Gasteiger partial charge in [-0.05, 0) is 42.2 Å². The number of ether oxygens (including phenoxy) is 1. The van der Waals surface area contributed by atoms with Crippen LogP contribution in [0.15, 0.2) is 53.6 Å². The molecule has 1 aliphatic carbocycles. The molecule has 0 heterocycles. The highest BCUT2D eigenvalue weighted by Crippen LogP contribution is 2.37. The first-order valence-electron chi connectivity index (χ1n) is 8.02. The monoisotopic (exact) mass is 346 g/mol. The number of halogens is 1. The van der Waals surface area contributed by atoms with Gasteiger partial charge < -0.3 is 9.84 Å². The van der Waals surface area contributed by atoms with Gasteiger partial charge in [0, 0.05) is 16.5 Å². The van der Waals surface area contributed by atoms with E-state index in [1.54, 1.807) is 6.92 Å². The van der Waals surface area contributed by atoms with Crippen molar-refractivity contribution in [1.82, 2.24) is 0 Å². The Balaban J connectivity index is 2.23. The standard InChI is InChI=1S/C20H23ClO3/c1-4-24-18(22)12-16-11-15(13-20(2,3)19(16)23)6-5-14-7-9-17(21)10-8-14/h5-10,12-13,19,23H,4,11H2,1-3H3/b6-5+,16-12+. The van der Waals surface area contributed by atoms with E-state index in [4.69, 9.17) is 16.3 Å². The Morgan fingerprint density at radius 1 is 1.33 bits per heavy atom. The van der Waals surface area contributed by atoms with Gasteiger partial charge in [0.05, 0.1) is 12.7 Å². The number of esters is 1. The van der Waals surface area contributed by atoms with Gasteiger partial charge in [-0.1, -0.05) is 55.8 Å². The van der Waals surface area contributed by atoms with Crippen LogP contribution in [-0.2, 0) is 9.53 Å². The molecule has 0 amide bonds. The summed E-state index contributed by atoms with van der Waals surface area (Å²) in [6.07, 6.45) is 7.29. The molecule has 4 heteroatoms. The summed E-state index contributed by atoms with van der Waals surface area (Å²) in [5, 5.41) is 11.2. The fourth-order valence-electron chi connectivity index (χ4n) is 2.77. The lowest BCUT2D eigenvalue weighted by molar-refractivity contribution is -0.137. The van der Waals surface area contributed by atoms with E-state index in [-0.39, 0.29) is 0 Å². The summed E-state index contributed by atoms with van der Waals surface area (Å²) in [6.45, 7) is 5.98. The van der Waals surface area contributed by atoms with Crippen molar-refractivity contribution in [2.45, 2.75) is 33.3 Å². The zero-order chi connectivity index (χ0) is 17.7. The van der Waals surface area contributed by atoms with Crippen molar-refractivity contribution in [2.75, 3.05) is 6.61 Å². The number of rotatable bonds is 4. The van der Waals surface area contributed by atoms with E-state index < -0.39 is 17.5 Å². The lowest BCUT2D eigenvalue weighted by Gasteiger charge is -2.34. The molecule has 0 radical (unpaired) electrons. The van der Waals surface area contributed by atoms with Crippen molar-refractivity contribution in [2.24, 2.45) is 5.41 Å². The minimum atomic E-state index is -0.699. The average Bonchev–Trinajstić information content (AvgIpc) is 2.51. The van der Waals surface area contributed by atoms with E-state index >= 15 is 0 Å². The van der Waals surface area contributed by atoms with Crippen molar-refractivity contribution < 1.29 is 14.6 Å². The molecule has 0 spiro atoms. The number of carbonyl (C=O) groups is 1. The minimum absolute atomic E-state index is 0.321. The average molecular weight is 347 g/mol. The first-order chi connectivity index (χ1) is 11.3. The Bertz CT molecular complexity index is 681. The normalized spacial score (nSPS) is 21.8. The van der Waals surface area contributed by atoms with Gasteiger partial charge in [-0.25, -0.2) is 4.79 Å². The van der Waals surface area contributed by atoms with E-state index in [9.17, 15) is 9.90 Å². The largest absolute Gasteiger partial charge is 0.463 e. The van der Waals surface area contributed by atoms with Gasteiger partial charge in [0.2, 0.25) is 0 Å². The molecule has 1 unspecified atom stereocenters. The van der Waals surface area contributed by atoms with Crippen LogP contribution in [0.4, 0.5) is 0 Å². The summed E-state index contributed by atoms with van der Waals surface area (Å²) in [5.74, 6) is -0.412. The van der Waals surface area contributed by atoms with Crippen LogP contribution in [0, 0.1) is 5.41 Å². The molecule has 0 fully saturated rings. The molecular formula is C20H23ClO3. The summed E-state index contributed by atoms with van der Waals surface area (Å²) >= 11 is 5.89. The molecule has 1 atom stereocenters. The first kappa shape index (κ1) is 18.5. The van der Waals surface area contributed by atoms with Gasteiger partial charge in [0.15, 0.2) is 0 Å². The van der Waals surface area contributed by atoms with Gasteiger partial charge in [0.1, 0.15) is 0 Å². The molecule has 2 rings (SSSR count). The molecule has 0 bridgehead atoms. The smallest absolute Gasteiger partial charge is 0.330 e. The van der Waals surface area contributed by atoms with Crippen LogP contribution in [0.2, 0.25) is 5.02 Å². The highest BCUT2D eigenvalue weighted by atomic mass is 35.5. The third-order valence-corrected chi connectivity index (χ3v) is 4.22. The molecule has 0 saturated carbocycles. The SMILES string of the molecule is CCOC(=O)/C=C1\CC(/C=C/c2ccc(Cl)cc2)=CC(C)(C)C1O. The zero-order valence-electron chi connectivity index (χ0n) is 14.3. The molecule has 0 saturated heterocycles. The summed E-state index contributed by atoms with van der Waals surface area (Å²) in [6, 6.07) is 7.57. The van der Waals surface area contributed by atoms with Crippen molar-refractivity contribution in [1.29, 1.82) is 0 Å². The second kappa shape index (κ2) is 7.82. The van der Waals surface area contributed by atoms with Crippen molar-refractivity contribution in [3.05, 3.63) is 64.2 Å². The lowest BCUT2D eigenvalue weighted by Crippen LogP contribution is -2.33. The molecule has 1 aromatic rings. The fourth-order valence-corrected chi connectivity index (χ4v) is 2.89. The molecule has 0 aliphatic heterocycles. The molecular weight excluding hydrogens is 324 g/mol. The van der Waals surface area contributed by atoms with Gasteiger partial charge in [-0.15, -0.1) is 0 Å². The number of hydrogen-bond acceptors (Lipinski definition) is 3. The third-order valence-electron chi connectivity index (χ3n) is 3.97. The summed E-state index contributed by atoms with van der Waals surface area (Å²) in [5.41, 5.74) is 2.32.